The lowest BCUT2D eigenvalue weighted by Crippen LogP contribution is -2.52. The highest BCUT2D eigenvalue weighted by atomic mass is 35.5. The zero-order valence-electron chi connectivity index (χ0n) is 21.7. The first-order valence-corrected chi connectivity index (χ1v) is 13.9. The van der Waals surface area contributed by atoms with Gasteiger partial charge in [0.2, 0.25) is 11.8 Å². The summed E-state index contributed by atoms with van der Waals surface area (Å²) in [6.45, 7) is 4.51. The van der Waals surface area contributed by atoms with Crippen molar-refractivity contribution in [3.05, 3.63) is 99.6 Å². The Labute approximate surface area is 232 Å². The molecular formula is C27H29ClN4O6S. The molecule has 0 saturated heterocycles. The van der Waals surface area contributed by atoms with Crippen molar-refractivity contribution in [2.24, 2.45) is 0 Å². The zero-order chi connectivity index (χ0) is 28.7. The van der Waals surface area contributed by atoms with E-state index in [0.717, 1.165) is 16.4 Å². The van der Waals surface area contributed by atoms with E-state index >= 15 is 0 Å². The number of hydrogen-bond donors (Lipinski definition) is 1. The van der Waals surface area contributed by atoms with Gasteiger partial charge in [0.25, 0.3) is 15.7 Å². The van der Waals surface area contributed by atoms with Gasteiger partial charge < -0.3 is 10.2 Å². The molecule has 0 aromatic heterocycles. The fraction of sp³-hybridized carbons (Fsp3) is 0.259. The van der Waals surface area contributed by atoms with E-state index in [-0.39, 0.29) is 28.9 Å². The summed E-state index contributed by atoms with van der Waals surface area (Å²) < 4.78 is 28.2. The Balaban J connectivity index is 2.03. The Morgan fingerprint density at radius 1 is 0.949 bits per heavy atom. The van der Waals surface area contributed by atoms with E-state index in [1.165, 1.54) is 29.2 Å². The number of nitrogens with zero attached hydrogens (tertiary/aromatic N) is 3. The summed E-state index contributed by atoms with van der Waals surface area (Å²) in [4.78, 5) is 38.5. The molecule has 0 bridgehead atoms. The third kappa shape index (κ3) is 7.55. The summed E-state index contributed by atoms with van der Waals surface area (Å²) in [7, 11) is -4.26. The summed E-state index contributed by atoms with van der Waals surface area (Å²) in [6.07, 6.45) is 0. The smallest absolute Gasteiger partial charge is 0.269 e. The lowest BCUT2D eigenvalue weighted by molar-refractivity contribution is -0.384. The van der Waals surface area contributed by atoms with Crippen LogP contribution in [-0.2, 0) is 26.2 Å². The van der Waals surface area contributed by atoms with Crippen molar-refractivity contribution in [3.8, 4) is 0 Å². The van der Waals surface area contributed by atoms with Gasteiger partial charge in [0, 0.05) is 29.7 Å². The van der Waals surface area contributed by atoms with Crippen molar-refractivity contribution in [2.45, 2.75) is 44.3 Å². The fourth-order valence-electron chi connectivity index (χ4n) is 3.76. The Morgan fingerprint density at radius 3 is 2.08 bits per heavy atom. The lowest BCUT2D eigenvalue weighted by atomic mass is 10.1. The minimum absolute atomic E-state index is 0.0160. The molecule has 3 aromatic rings. The second-order valence-electron chi connectivity index (χ2n) is 9.09. The lowest BCUT2D eigenvalue weighted by Gasteiger charge is -2.32. The minimum atomic E-state index is -4.26. The summed E-state index contributed by atoms with van der Waals surface area (Å²) in [5.41, 5.74) is 0.513. The Kier molecular flexibility index (Phi) is 9.66. The highest BCUT2D eigenvalue weighted by Crippen LogP contribution is 2.26. The molecule has 10 nitrogen and oxygen atoms in total. The second kappa shape index (κ2) is 12.7. The number of carbonyl (C=O) groups excluding carboxylic acids is 2. The van der Waals surface area contributed by atoms with Crippen molar-refractivity contribution in [1.29, 1.82) is 0 Å². The number of carbonyl (C=O) groups is 2. The Bertz CT molecular complexity index is 1410. The van der Waals surface area contributed by atoms with E-state index in [0.29, 0.717) is 10.6 Å². The molecule has 0 spiro atoms. The first-order chi connectivity index (χ1) is 18.4. The molecule has 1 atom stereocenters. The fourth-order valence-corrected chi connectivity index (χ4v) is 5.32. The van der Waals surface area contributed by atoms with Crippen LogP contribution in [0.15, 0.2) is 83.8 Å². The van der Waals surface area contributed by atoms with E-state index in [2.05, 4.69) is 5.32 Å². The number of nitrogens with one attached hydrogen (secondary N) is 1. The second-order valence-corrected chi connectivity index (χ2v) is 11.4. The van der Waals surface area contributed by atoms with Crippen LogP contribution < -0.4 is 9.62 Å². The molecule has 0 saturated carbocycles. The van der Waals surface area contributed by atoms with Crippen molar-refractivity contribution in [3.63, 3.8) is 0 Å². The van der Waals surface area contributed by atoms with Gasteiger partial charge in [-0.05, 0) is 62.7 Å². The first-order valence-electron chi connectivity index (χ1n) is 12.1. The zero-order valence-corrected chi connectivity index (χ0v) is 23.2. The standard InChI is InChI=1S/C27H29ClN4O6S/c1-19(2)29-27(34)20(3)30(17-21-9-11-22(28)12-10-21)26(33)18-31(23-13-15-24(16-14-23)32(35)36)39(37,38)25-7-5-4-6-8-25/h4-16,19-20H,17-18H2,1-3H3,(H,29,34)/t20-/m1/s1. The van der Waals surface area contributed by atoms with Crippen molar-refractivity contribution >= 4 is 44.8 Å². The van der Waals surface area contributed by atoms with Crippen LogP contribution in [0.3, 0.4) is 0 Å². The molecule has 39 heavy (non-hydrogen) atoms. The number of sulfonamides is 1. The van der Waals surface area contributed by atoms with Crippen molar-refractivity contribution < 1.29 is 22.9 Å². The van der Waals surface area contributed by atoms with E-state index in [9.17, 15) is 28.1 Å². The summed E-state index contributed by atoms with van der Waals surface area (Å²) in [5, 5.41) is 14.4. The van der Waals surface area contributed by atoms with E-state index < -0.39 is 39.3 Å². The topological polar surface area (TPSA) is 130 Å². The van der Waals surface area contributed by atoms with Crippen molar-refractivity contribution in [2.75, 3.05) is 10.8 Å². The number of amides is 2. The van der Waals surface area contributed by atoms with Crippen LogP contribution in [0, 0.1) is 10.1 Å². The summed E-state index contributed by atoms with van der Waals surface area (Å²) in [5.74, 6) is -1.05. The van der Waals surface area contributed by atoms with Gasteiger partial charge in [0.1, 0.15) is 12.6 Å². The van der Waals surface area contributed by atoms with Gasteiger partial charge in [-0.25, -0.2) is 8.42 Å². The average Bonchev–Trinajstić information content (AvgIpc) is 2.91. The molecule has 0 unspecified atom stereocenters. The molecule has 206 valence electrons. The Morgan fingerprint density at radius 2 is 1.54 bits per heavy atom. The molecule has 0 radical (unpaired) electrons. The predicted octanol–water partition coefficient (Wildman–Crippen LogP) is 4.39. The number of hydrogen-bond acceptors (Lipinski definition) is 6. The maximum absolute atomic E-state index is 13.8. The van der Waals surface area contributed by atoms with Gasteiger partial charge >= 0.3 is 0 Å². The summed E-state index contributed by atoms with van der Waals surface area (Å²) >= 11 is 6.00. The largest absolute Gasteiger partial charge is 0.352 e. The molecule has 3 rings (SSSR count). The number of halogens is 1. The number of anilines is 1. The number of rotatable bonds is 11. The maximum Gasteiger partial charge on any atom is 0.269 e. The van der Waals surface area contributed by atoms with Crippen LogP contribution in [0.4, 0.5) is 11.4 Å². The molecule has 0 aliphatic rings. The van der Waals surface area contributed by atoms with Crippen LogP contribution in [0.1, 0.15) is 26.3 Å². The molecule has 1 N–H and O–H groups in total. The van der Waals surface area contributed by atoms with E-state index in [4.69, 9.17) is 11.6 Å². The summed E-state index contributed by atoms with van der Waals surface area (Å²) in [6, 6.07) is 18.0. The van der Waals surface area contributed by atoms with Gasteiger partial charge in [-0.3, -0.25) is 24.0 Å². The number of benzene rings is 3. The van der Waals surface area contributed by atoms with Crippen LogP contribution in [0.2, 0.25) is 5.02 Å². The van der Waals surface area contributed by atoms with Crippen LogP contribution in [0.25, 0.3) is 0 Å². The van der Waals surface area contributed by atoms with E-state index in [1.54, 1.807) is 63.2 Å². The molecular weight excluding hydrogens is 544 g/mol. The van der Waals surface area contributed by atoms with Crippen LogP contribution in [0.5, 0.6) is 0 Å². The quantitative estimate of drug-likeness (QED) is 0.268. The molecule has 0 heterocycles. The molecule has 3 aromatic carbocycles. The predicted molar refractivity (Wildman–Crippen MR) is 149 cm³/mol. The highest BCUT2D eigenvalue weighted by molar-refractivity contribution is 7.92. The molecule has 2 amide bonds. The normalized spacial score (nSPS) is 12.0. The molecule has 0 aliphatic heterocycles. The SMILES string of the molecule is CC(C)NC(=O)[C@@H](C)N(Cc1ccc(Cl)cc1)C(=O)CN(c1ccc([N+](=O)[O-])cc1)S(=O)(=O)c1ccccc1. The maximum atomic E-state index is 13.8. The van der Waals surface area contributed by atoms with Crippen LogP contribution >= 0.6 is 11.6 Å². The minimum Gasteiger partial charge on any atom is -0.352 e. The first kappa shape index (κ1) is 29.6. The van der Waals surface area contributed by atoms with Gasteiger partial charge in [-0.1, -0.05) is 41.9 Å². The number of nitro benzene ring substituents is 1. The third-order valence-electron chi connectivity index (χ3n) is 5.82. The van der Waals surface area contributed by atoms with Crippen LogP contribution in [-0.4, -0.2) is 48.7 Å². The molecule has 12 heteroatoms. The van der Waals surface area contributed by atoms with Gasteiger partial charge in [-0.15, -0.1) is 0 Å². The number of non-ortho nitro benzene ring substituents is 1. The molecule has 0 fully saturated rings. The van der Waals surface area contributed by atoms with Crippen molar-refractivity contribution in [1.82, 2.24) is 10.2 Å². The highest BCUT2D eigenvalue weighted by Gasteiger charge is 2.32. The van der Waals surface area contributed by atoms with Gasteiger partial charge in [-0.2, -0.15) is 0 Å². The number of nitro groups is 1. The molecule has 0 aliphatic carbocycles. The Hall–Kier alpha value is -3.96. The van der Waals surface area contributed by atoms with Gasteiger partial charge in [0.15, 0.2) is 0 Å². The monoisotopic (exact) mass is 572 g/mol. The van der Waals surface area contributed by atoms with E-state index in [1.807, 2.05) is 0 Å². The third-order valence-corrected chi connectivity index (χ3v) is 7.86. The average molecular weight is 573 g/mol. The van der Waals surface area contributed by atoms with Gasteiger partial charge in [0.05, 0.1) is 15.5 Å².